The quantitative estimate of drug-likeness (QED) is 0.383. The minimum Gasteiger partial charge on any atom is -0.461 e. The Morgan fingerprint density at radius 2 is 1.08 bits per heavy atom. The zero-order valence-corrected chi connectivity index (χ0v) is 14.7. The number of hydrogen-bond donors (Lipinski definition) is 0. The van der Waals surface area contributed by atoms with E-state index in [2.05, 4.69) is 0 Å². The molecule has 4 aromatic rings. The van der Waals surface area contributed by atoms with Gasteiger partial charge in [0.05, 0.1) is 6.42 Å². The van der Waals surface area contributed by atoms with Crippen molar-refractivity contribution in [3.63, 3.8) is 0 Å². The van der Waals surface area contributed by atoms with Crippen molar-refractivity contribution in [3.8, 4) is 22.6 Å². The van der Waals surface area contributed by atoms with E-state index in [1.165, 1.54) is 0 Å². The lowest BCUT2D eigenvalue weighted by atomic mass is 10.2. The minimum atomic E-state index is 0.584. The summed E-state index contributed by atoms with van der Waals surface area (Å²) >= 11 is 12.1. The Balaban J connectivity index is 1.54. The molecule has 124 valence electrons. The summed E-state index contributed by atoms with van der Waals surface area (Å²) in [5, 5.41) is 1.38. The summed E-state index contributed by atoms with van der Waals surface area (Å²) < 4.78 is 11.8. The molecule has 0 saturated carbocycles. The van der Waals surface area contributed by atoms with Crippen molar-refractivity contribution in [3.05, 3.63) is 94.4 Å². The highest BCUT2D eigenvalue weighted by Gasteiger charge is 2.10. The van der Waals surface area contributed by atoms with E-state index < -0.39 is 0 Å². The van der Waals surface area contributed by atoms with E-state index in [0.29, 0.717) is 16.5 Å². The van der Waals surface area contributed by atoms with Gasteiger partial charge in [-0.15, -0.1) is 0 Å². The molecule has 0 bridgehead atoms. The number of benzene rings is 2. The van der Waals surface area contributed by atoms with E-state index in [-0.39, 0.29) is 0 Å². The summed E-state index contributed by atoms with van der Waals surface area (Å²) in [6.45, 7) is 0. The summed E-state index contributed by atoms with van der Waals surface area (Å²) in [5.41, 5.74) is 1.91. The summed E-state index contributed by atoms with van der Waals surface area (Å²) in [6.07, 6.45) is 0.584. The fraction of sp³-hybridized carbons (Fsp3) is 0.0476. The normalized spacial score (nSPS) is 11.0. The maximum Gasteiger partial charge on any atom is 0.134 e. The number of halogens is 2. The molecule has 2 nitrogen and oxygen atoms in total. The second kappa shape index (κ2) is 6.83. The van der Waals surface area contributed by atoms with Gasteiger partial charge in [0.25, 0.3) is 0 Å². The van der Waals surface area contributed by atoms with Gasteiger partial charge < -0.3 is 8.83 Å². The monoisotopic (exact) mass is 368 g/mol. The summed E-state index contributed by atoms with van der Waals surface area (Å²) in [6, 6.07) is 23.0. The maximum absolute atomic E-state index is 6.04. The molecule has 0 aliphatic rings. The summed E-state index contributed by atoms with van der Waals surface area (Å²) in [5.74, 6) is 3.25. The van der Waals surface area contributed by atoms with Crippen LogP contribution in [0.4, 0.5) is 0 Å². The van der Waals surface area contributed by atoms with Gasteiger partial charge in [-0.1, -0.05) is 47.5 Å². The van der Waals surface area contributed by atoms with E-state index in [9.17, 15) is 0 Å². The van der Waals surface area contributed by atoms with Crippen LogP contribution in [0.15, 0.2) is 81.6 Å². The predicted octanol–water partition coefficient (Wildman–Crippen LogP) is 7.10. The molecule has 4 rings (SSSR count). The zero-order chi connectivity index (χ0) is 17.2. The zero-order valence-electron chi connectivity index (χ0n) is 13.2. The minimum absolute atomic E-state index is 0.584. The van der Waals surface area contributed by atoms with Crippen molar-refractivity contribution >= 4 is 23.2 Å². The lowest BCUT2D eigenvalue weighted by Gasteiger charge is -1.99. The Bertz CT molecular complexity index is 932. The van der Waals surface area contributed by atoms with Gasteiger partial charge in [-0.3, -0.25) is 0 Å². The van der Waals surface area contributed by atoms with E-state index in [1.54, 1.807) is 0 Å². The molecule has 0 spiro atoms. The van der Waals surface area contributed by atoms with Crippen molar-refractivity contribution < 1.29 is 8.83 Å². The highest BCUT2D eigenvalue weighted by Crippen LogP contribution is 2.28. The highest BCUT2D eigenvalue weighted by atomic mass is 35.5. The standard InChI is InChI=1S/C21H14Cl2O2/c22-16-5-1-3-14(11-16)20-9-7-18(24-20)13-19-8-10-21(25-19)15-4-2-6-17(23)12-15/h1-12H,13H2. The number of rotatable bonds is 4. The molecule has 0 atom stereocenters. The second-order valence-corrected chi connectivity index (χ2v) is 6.60. The van der Waals surface area contributed by atoms with E-state index >= 15 is 0 Å². The molecule has 0 aliphatic heterocycles. The predicted molar refractivity (Wildman–Crippen MR) is 101 cm³/mol. The fourth-order valence-electron chi connectivity index (χ4n) is 2.71. The van der Waals surface area contributed by atoms with Crippen LogP contribution in [0.5, 0.6) is 0 Å². The van der Waals surface area contributed by atoms with Crippen molar-refractivity contribution in [2.75, 3.05) is 0 Å². The summed E-state index contributed by atoms with van der Waals surface area (Å²) in [4.78, 5) is 0. The molecule has 2 aromatic heterocycles. The third kappa shape index (κ3) is 3.65. The maximum atomic E-state index is 6.04. The van der Waals surface area contributed by atoms with E-state index in [0.717, 1.165) is 34.2 Å². The van der Waals surface area contributed by atoms with Gasteiger partial charge in [-0.2, -0.15) is 0 Å². The van der Waals surface area contributed by atoms with Gasteiger partial charge in [-0.05, 0) is 48.5 Å². The van der Waals surface area contributed by atoms with Crippen molar-refractivity contribution in [1.29, 1.82) is 0 Å². The Labute approximate surface area is 155 Å². The van der Waals surface area contributed by atoms with Crippen LogP contribution in [0.2, 0.25) is 10.0 Å². The second-order valence-electron chi connectivity index (χ2n) is 5.73. The van der Waals surface area contributed by atoms with Crippen LogP contribution >= 0.6 is 23.2 Å². The van der Waals surface area contributed by atoms with Crippen molar-refractivity contribution in [1.82, 2.24) is 0 Å². The Morgan fingerprint density at radius 1 is 0.600 bits per heavy atom. The SMILES string of the molecule is Clc1cccc(-c2ccc(Cc3ccc(-c4cccc(Cl)c4)o3)o2)c1. The average molecular weight is 369 g/mol. The van der Waals surface area contributed by atoms with Crippen LogP contribution in [0.1, 0.15) is 11.5 Å². The van der Waals surface area contributed by atoms with Crippen LogP contribution in [-0.2, 0) is 6.42 Å². The van der Waals surface area contributed by atoms with Crippen molar-refractivity contribution in [2.45, 2.75) is 6.42 Å². The Hall–Kier alpha value is -2.42. The molecule has 0 unspecified atom stereocenters. The first-order chi connectivity index (χ1) is 12.2. The molecule has 25 heavy (non-hydrogen) atoms. The molecule has 0 radical (unpaired) electrons. The third-order valence-electron chi connectivity index (χ3n) is 3.89. The van der Waals surface area contributed by atoms with Crippen molar-refractivity contribution in [2.24, 2.45) is 0 Å². The van der Waals surface area contributed by atoms with Gasteiger partial charge in [0.15, 0.2) is 0 Å². The molecular formula is C21H14Cl2O2. The molecule has 0 amide bonds. The third-order valence-corrected chi connectivity index (χ3v) is 4.36. The first kappa shape index (κ1) is 16.1. The van der Waals surface area contributed by atoms with Crippen LogP contribution in [0.3, 0.4) is 0 Å². The highest BCUT2D eigenvalue weighted by molar-refractivity contribution is 6.31. The molecule has 2 heterocycles. The van der Waals surface area contributed by atoms with Crippen LogP contribution in [0.25, 0.3) is 22.6 Å². The lowest BCUT2D eigenvalue weighted by Crippen LogP contribution is -1.81. The number of hydrogen-bond acceptors (Lipinski definition) is 2. The number of furan rings is 2. The summed E-state index contributed by atoms with van der Waals surface area (Å²) in [7, 11) is 0. The molecule has 4 heteroatoms. The lowest BCUT2D eigenvalue weighted by molar-refractivity contribution is 0.487. The van der Waals surface area contributed by atoms with Gasteiger partial charge in [0, 0.05) is 21.2 Å². The van der Waals surface area contributed by atoms with Gasteiger partial charge >= 0.3 is 0 Å². The van der Waals surface area contributed by atoms with Crippen LogP contribution in [-0.4, -0.2) is 0 Å². The Morgan fingerprint density at radius 3 is 1.52 bits per heavy atom. The fourth-order valence-corrected chi connectivity index (χ4v) is 3.09. The smallest absolute Gasteiger partial charge is 0.134 e. The molecular weight excluding hydrogens is 355 g/mol. The van der Waals surface area contributed by atoms with E-state index in [4.69, 9.17) is 32.0 Å². The largest absolute Gasteiger partial charge is 0.461 e. The van der Waals surface area contributed by atoms with E-state index in [1.807, 2.05) is 72.8 Å². The molecule has 0 saturated heterocycles. The van der Waals surface area contributed by atoms with Gasteiger partial charge in [-0.25, -0.2) is 0 Å². The van der Waals surface area contributed by atoms with Crippen LogP contribution in [0, 0.1) is 0 Å². The van der Waals surface area contributed by atoms with Gasteiger partial charge in [0.1, 0.15) is 23.0 Å². The molecule has 0 N–H and O–H groups in total. The first-order valence-corrected chi connectivity index (χ1v) is 8.62. The first-order valence-electron chi connectivity index (χ1n) is 7.87. The average Bonchev–Trinajstić information content (AvgIpc) is 3.25. The molecule has 2 aromatic carbocycles. The molecule has 0 fully saturated rings. The Kier molecular flexibility index (Phi) is 4.39. The topological polar surface area (TPSA) is 26.3 Å². The molecule has 0 aliphatic carbocycles. The van der Waals surface area contributed by atoms with Crippen LogP contribution < -0.4 is 0 Å². The van der Waals surface area contributed by atoms with Gasteiger partial charge in [0.2, 0.25) is 0 Å².